The molecule has 0 aromatic carbocycles. The van der Waals surface area contributed by atoms with E-state index in [0.29, 0.717) is 11.9 Å². The minimum absolute atomic E-state index is 0.332. The molecule has 6 nitrogen and oxygen atoms in total. The van der Waals surface area contributed by atoms with E-state index < -0.39 is 0 Å². The van der Waals surface area contributed by atoms with Crippen molar-refractivity contribution >= 4 is 16.3 Å². The Hall–Kier alpha value is -1.86. The van der Waals surface area contributed by atoms with Crippen LogP contribution in [0.4, 0.5) is 0 Å². The molecular formula is C13H17N5OS. The van der Waals surface area contributed by atoms with E-state index in [1.54, 1.807) is 24.6 Å². The van der Waals surface area contributed by atoms with Gasteiger partial charge in [-0.1, -0.05) is 0 Å². The van der Waals surface area contributed by atoms with Gasteiger partial charge < -0.3 is 14.6 Å². The average Bonchev–Trinajstić information content (AvgIpc) is 3.12. The minimum atomic E-state index is 0.332. The SMILES string of the molecule is COc1nc2sccn2c1CNC(C)Cn1ccnc1. The molecule has 0 saturated heterocycles. The van der Waals surface area contributed by atoms with Crippen LogP contribution in [-0.2, 0) is 13.1 Å². The van der Waals surface area contributed by atoms with Crippen LogP contribution in [0.15, 0.2) is 30.3 Å². The zero-order valence-electron chi connectivity index (χ0n) is 11.5. The van der Waals surface area contributed by atoms with Gasteiger partial charge >= 0.3 is 0 Å². The molecular weight excluding hydrogens is 274 g/mol. The number of imidazole rings is 2. The van der Waals surface area contributed by atoms with Crippen molar-refractivity contribution < 1.29 is 4.74 Å². The summed E-state index contributed by atoms with van der Waals surface area (Å²) in [7, 11) is 1.66. The molecule has 1 N–H and O–H groups in total. The zero-order chi connectivity index (χ0) is 13.9. The molecule has 3 aromatic heterocycles. The van der Waals surface area contributed by atoms with Crippen molar-refractivity contribution in [1.82, 2.24) is 24.3 Å². The van der Waals surface area contributed by atoms with Gasteiger partial charge in [0.05, 0.1) is 13.4 Å². The first kappa shape index (κ1) is 13.1. The summed E-state index contributed by atoms with van der Waals surface area (Å²) < 4.78 is 9.48. The Morgan fingerprint density at radius 3 is 3.10 bits per heavy atom. The largest absolute Gasteiger partial charge is 0.480 e. The lowest BCUT2D eigenvalue weighted by atomic mass is 10.3. The molecule has 106 valence electrons. The molecule has 0 aliphatic carbocycles. The summed E-state index contributed by atoms with van der Waals surface area (Å²) in [6.45, 7) is 3.75. The van der Waals surface area contributed by atoms with E-state index in [1.807, 2.05) is 24.1 Å². The van der Waals surface area contributed by atoms with E-state index in [-0.39, 0.29) is 0 Å². The number of ether oxygens (including phenoxy) is 1. The fourth-order valence-electron chi connectivity index (χ4n) is 2.18. The van der Waals surface area contributed by atoms with Gasteiger partial charge in [-0.25, -0.2) is 4.98 Å². The molecule has 0 saturated carbocycles. The third kappa shape index (κ3) is 2.54. The van der Waals surface area contributed by atoms with E-state index >= 15 is 0 Å². The highest BCUT2D eigenvalue weighted by molar-refractivity contribution is 7.15. The Bertz CT molecular complexity index is 672. The van der Waals surface area contributed by atoms with Crippen LogP contribution >= 0.6 is 11.3 Å². The van der Waals surface area contributed by atoms with Gasteiger partial charge in [0.15, 0.2) is 4.96 Å². The number of aromatic nitrogens is 4. The number of rotatable bonds is 6. The molecule has 0 spiro atoms. The fraction of sp³-hybridized carbons (Fsp3) is 0.385. The highest BCUT2D eigenvalue weighted by atomic mass is 32.1. The maximum atomic E-state index is 5.35. The summed E-state index contributed by atoms with van der Waals surface area (Å²) in [5.74, 6) is 0.694. The van der Waals surface area contributed by atoms with Crippen molar-refractivity contribution in [2.75, 3.05) is 7.11 Å². The lowest BCUT2D eigenvalue weighted by molar-refractivity contribution is 0.388. The zero-order valence-corrected chi connectivity index (χ0v) is 12.3. The van der Waals surface area contributed by atoms with Crippen molar-refractivity contribution in [2.45, 2.75) is 26.1 Å². The highest BCUT2D eigenvalue weighted by Crippen LogP contribution is 2.22. The van der Waals surface area contributed by atoms with Gasteiger partial charge in [-0.2, -0.15) is 4.98 Å². The van der Waals surface area contributed by atoms with E-state index in [4.69, 9.17) is 4.74 Å². The third-order valence-corrected chi connectivity index (χ3v) is 3.94. The quantitative estimate of drug-likeness (QED) is 0.752. The standard InChI is InChI=1S/C13H17N5OS/c1-10(8-17-4-3-14-9-17)15-7-11-12(19-2)16-13-18(11)5-6-20-13/h3-6,9-10,15H,7-8H2,1-2H3. The summed E-state index contributed by atoms with van der Waals surface area (Å²) >= 11 is 1.61. The van der Waals surface area contributed by atoms with Crippen LogP contribution in [0, 0.1) is 0 Å². The number of fused-ring (bicyclic) bond motifs is 1. The third-order valence-electron chi connectivity index (χ3n) is 3.18. The van der Waals surface area contributed by atoms with Gasteiger partial charge in [0, 0.05) is 43.1 Å². The number of nitrogens with one attached hydrogen (secondary N) is 1. The highest BCUT2D eigenvalue weighted by Gasteiger charge is 2.14. The molecule has 3 heterocycles. The number of hydrogen-bond donors (Lipinski definition) is 1. The van der Waals surface area contributed by atoms with Gasteiger partial charge in [-0.3, -0.25) is 4.40 Å². The fourth-order valence-corrected chi connectivity index (χ4v) is 2.91. The average molecular weight is 291 g/mol. The number of methoxy groups -OCH3 is 1. The summed E-state index contributed by atoms with van der Waals surface area (Å²) in [5, 5.41) is 5.52. The first-order valence-electron chi connectivity index (χ1n) is 6.45. The maximum absolute atomic E-state index is 5.35. The summed E-state index contributed by atoms with van der Waals surface area (Å²) in [6.07, 6.45) is 7.61. The molecule has 7 heteroatoms. The second-order valence-electron chi connectivity index (χ2n) is 4.66. The monoisotopic (exact) mass is 291 g/mol. The number of hydrogen-bond acceptors (Lipinski definition) is 5. The Kier molecular flexibility index (Phi) is 3.70. The van der Waals surface area contributed by atoms with Crippen molar-refractivity contribution in [2.24, 2.45) is 0 Å². The lowest BCUT2D eigenvalue weighted by Crippen LogP contribution is -2.30. The topological polar surface area (TPSA) is 56.4 Å². The molecule has 0 fully saturated rings. The van der Waals surface area contributed by atoms with Crippen LogP contribution in [0.5, 0.6) is 5.88 Å². The molecule has 20 heavy (non-hydrogen) atoms. The van der Waals surface area contributed by atoms with E-state index in [9.17, 15) is 0 Å². The summed E-state index contributed by atoms with van der Waals surface area (Å²) in [4.78, 5) is 9.46. The van der Waals surface area contributed by atoms with E-state index in [2.05, 4.69) is 31.2 Å². The molecule has 1 unspecified atom stereocenters. The second-order valence-corrected chi connectivity index (χ2v) is 5.54. The van der Waals surface area contributed by atoms with Crippen LogP contribution in [-0.4, -0.2) is 32.1 Å². The number of thiazole rings is 1. The van der Waals surface area contributed by atoms with Crippen LogP contribution in [0.1, 0.15) is 12.6 Å². The van der Waals surface area contributed by atoms with Crippen molar-refractivity contribution in [3.8, 4) is 5.88 Å². The van der Waals surface area contributed by atoms with Crippen molar-refractivity contribution in [3.05, 3.63) is 36.0 Å². The van der Waals surface area contributed by atoms with Crippen LogP contribution in [0.2, 0.25) is 0 Å². The molecule has 1 atom stereocenters. The predicted octanol–water partition coefficient (Wildman–Crippen LogP) is 1.78. The van der Waals surface area contributed by atoms with E-state index in [0.717, 1.165) is 23.7 Å². The van der Waals surface area contributed by atoms with Gasteiger partial charge in [0.1, 0.15) is 5.69 Å². The number of nitrogens with zero attached hydrogens (tertiary/aromatic N) is 4. The lowest BCUT2D eigenvalue weighted by Gasteiger charge is -2.14. The molecule has 0 radical (unpaired) electrons. The van der Waals surface area contributed by atoms with E-state index in [1.165, 1.54) is 0 Å². The molecule has 0 aliphatic heterocycles. The van der Waals surface area contributed by atoms with Crippen LogP contribution in [0.3, 0.4) is 0 Å². The molecule has 0 amide bonds. The van der Waals surface area contributed by atoms with Gasteiger partial charge in [-0.15, -0.1) is 11.3 Å². The molecule has 0 aliphatic rings. The van der Waals surface area contributed by atoms with Crippen molar-refractivity contribution in [1.29, 1.82) is 0 Å². The molecule has 0 bridgehead atoms. The Labute approximate surface area is 121 Å². The first-order valence-corrected chi connectivity index (χ1v) is 7.33. The van der Waals surface area contributed by atoms with Crippen molar-refractivity contribution in [3.63, 3.8) is 0 Å². The van der Waals surface area contributed by atoms with Gasteiger partial charge in [0.2, 0.25) is 5.88 Å². The second kappa shape index (κ2) is 5.64. The van der Waals surface area contributed by atoms with Crippen LogP contribution in [0.25, 0.3) is 4.96 Å². The maximum Gasteiger partial charge on any atom is 0.237 e. The predicted molar refractivity (Wildman–Crippen MR) is 78.1 cm³/mol. The van der Waals surface area contributed by atoms with Gasteiger partial charge in [0.25, 0.3) is 0 Å². The Morgan fingerprint density at radius 2 is 2.35 bits per heavy atom. The molecule has 3 rings (SSSR count). The minimum Gasteiger partial charge on any atom is -0.480 e. The Balaban J connectivity index is 1.68. The Morgan fingerprint density at radius 1 is 1.45 bits per heavy atom. The van der Waals surface area contributed by atoms with Gasteiger partial charge in [-0.05, 0) is 6.92 Å². The summed E-state index contributed by atoms with van der Waals surface area (Å²) in [5.41, 5.74) is 1.06. The smallest absolute Gasteiger partial charge is 0.237 e. The van der Waals surface area contributed by atoms with Crippen LogP contribution < -0.4 is 10.1 Å². The normalized spacial score (nSPS) is 12.9. The first-order chi connectivity index (χ1) is 9.78. The molecule has 3 aromatic rings. The summed E-state index contributed by atoms with van der Waals surface area (Å²) in [6, 6.07) is 0.332.